The van der Waals surface area contributed by atoms with Gasteiger partial charge in [0.05, 0.1) is 18.7 Å². The van der Waals surface area contributed by atoms with Crippen LogP contribution in [0.2, 0.25) is 0 Å². The molecule has 3 aromatic rings. The first kappa shape index (κ1) is 24.5. The number of carbonyl (C=O) groups excluding carboxylic acids is 2. The van der Waals surface area contributed by atoms with Gasteiger partial charge >= 0.3 is 5.97 Å². The van der Waals surface area contributed by atoms with Crippen molar-refractivity contribution in [3.63, 3.8) is 0 Å². The molecule has 1 aromatic heterocycles. The molecule has 0 spiro atoms. The molecule has 1 fully saturated rings. The van der Waals surface area contributed by atoms with E-state index in [9.17, 15) is 9.59 Å². The van der Waals surface area contributed by atoms with E-state index in [-0.39, 0.29) is 24.8 Å². The molecule has 8 nitrogen and oxygen atoms in total. The Morgan fingerprint density at radius 1 is 1.06 bits per heavy atom. The van der Waals surface area contributed by atoms with Gasteiger partial charge in [0.1, 0.15) is 0 Å². The molecule has 188 valence electrons. The summed E-state index contributed by atoms with van der Waals surface area (Å²) in [4.78, 5) is 37.2. The number of thioether (sulfide) groups is 1. The molecular formula is C27H30N4O4S. The van der Waals surface area contributed by atoms with Crippen LogP contribution < -0.4 is 4.90 Å². The van der Waals surface area contributed by atoms with Crippen LogP contribution in [-0.2, 0) is 20.7 Å². The minimum atomic E-state index is -1.55. The number of hydrogen-bond acceptors (Lipinski definition) is 8. The van der Waals surface area contributed by atoms with E-state index in [2.05, 4.69) is 15.0 Å². The summed E-state index contributed by atoms with van der Waals surface area (Å²) in [6.07, 6.45) is 3.55. The quantitative estimate of drug-likeness (QED) is 0.332. The van der Waals surface area contributed by atoms with E-state index in [0.29, 0.717) is 12.4 Å². The normalized spacial score (nSPS) is 20.2. The van der Waals surface area contributed by atoms with Gasteiger partial charge in [0.25, 0.3) is 5.91 Å². The largest absolute Gasteiger partial charge is 0.465 e. The second-order valence-electron chi connectivity index (χ2n) is 9.03. The number of rotatable bonds is 8. The highest BCUT2D eigenvalue weighted by Crippen LogP contribution is 2.47. The maximum Gasteiger partial charge on any atom is 0.332 e. The molecule has 0 radical (unpaired) electrons. The van der Waals surface area contributed by atoms with Crippen LogP contribution >= 0.6 is 11.8 Å². The van der Waals surface area contributed by atoms with Gasteiger partial charge in [0.2, 0.25) is 16.5 Å². The Balaban J connectivity index is 1.48. The molecule has 36 heavy (non-hydrogen) atoms. The Labute approximate surface area is 215 Å². The van der Waals surface area contributed by atoms with Gasteiger partial charge in [0.15, 0.2) is 0 Å². The van der Waals surface area contributed by atoms with E-state index >= 15 is 0 Å². The van der Waals surface area contributed by atoms with Crippen LogP contribution in [0.25, 0.3) is 11.4 Å². The van der Waals surface area contributed by atoms with Gasteiger partial charge in [-0.2, -0.15) is 4.98 Å². The molecule has 1 atom stereocenters. The van der Waals surface area contributed by atoms with Gasteiger partial charge in [0, 0.05) is 23.5 Å². The van der Waals surface area contributed by atoms with E-state index in [1.807, 2.05) is 54.6 Å². The molecule has 1 amide bonds. The second kappa shape index (κ2) is 10.8. The first-order chi connectivity index (χ1) is 17.6. The fraction of sp³-hybridized carbons (Fsp3) is 0.407. The third-order valence-electron chi connectivity index (χ3n) is 6.62. The third-order valence-corrected chi connectivity index (χ3v) is 8.02. The van der Waals surface area contributed by atoms with Crippen LogP contribution in [0.3, 0.4) is 0 Å². The van der Waals surface area contributed by atoms with Crippen LogP contribution in [0, 0.1) is 0 Å². The number of likely N-dealkylation sites (tertiary alicyclic amines) is 1. The summed E-state index contributed by atoms with van der Waals surface area (Å²) in [5.41, 5.74) is 1.62. The van der Waals surface area contributed by atoms with Crippen molar-refractivity contribution in [3.8, 4) is 11.4 Å². The highest BCUT2D eigenvalue weighted by molar-refractivity contribution is 8.02. The second-order valence-corrected chi connectivity index (χ2v) is 10.4. The standard InChI is InChI=1S/C27H30N4O4S/c1-2-34-26(33)27(19-23-28-24(29-35-23)20-11-5-3-6-12-20)25(32)31(18-17-30-15-9-4-10-16-30)21-13-7-8-14-22(21)36-27/h3,5-8,11-14H,2,4,9-10,15-19H2,1H3. The number of hydrogen-bond donors (Lipinski definition) is 0. The molecule has 9 heteroatoms. The summed E-state index contributed by atoms with van der Waals surface area (Å²) >= 11 is 1.22. The van der Waals surface area contributed by atoms with E-state index in [1.54, 1.807) is 11.8 Å². The van der Waals surface area contributed by atoms with Crippen molar-refractivity contribution in [1.29, 1.82) is 0 Å². The average molecular weight is 507 g/mol. The molecule has 0 saturated carbocycles. The number of anilines is 1. The van der Waals surface area contributed by atoms with Crippen molar-refractivity contribution in [2.24, 2.45) is 0 Å². The van der Waals surface area contributed by atoms with Crippen molar-refractivity contribution in [2.75, 3.05) is 37.7 Å². The molecule has 0 N–H and O–H groups in total. The average Bonchev–Trinajstić information content (AvgIpc) is 3.38. The first-order valence-electron chi connectivity index (χ1n) is 12.5. The smallest absolute Gasteiger partial charge is 0.332 e. The highest BCUT2D eigenvalue weighted by Gasteiger charge is 2.55. The van der Waals surface area contributed by atoms with E-state index in [4.69, 9.17) is 9.26 Å². The number of para-hydroxylation sites is 1. The number of nitrogens with zero attached hydrogens (tertiary/aromatic N) is 4. The maximum atomic E-state index is 14.2. The minimum Gasteiger partial charge on any atom is -0.465 e. The Hall–Kier alpha value is -3.17. The summed E-state index contributed by atoms with van der Waals surface area (Å²) in [6.45, 7) is 5.23. The van der Waals surface area contributed by atoms with Gasteiger partial charge < -0.3 is 19.1 Å². The van der Waals surface area contributed by atoms with E-state index in [0.717, 1.165) is 35.8 Å². The fourth-order valence-electron chi connectivity index (χ4n) is 4.78. The number of carbonyl (C=O) groups is 2. The van der Waals surface area contributed by atoms with Crippen molar-refractivity contribution in [1.82, 2.24) is 15.0 Å². The van der Waals surface area contributed by atoms with Crippen LogP contribution in [-0.4, -0.2) is 64.4 Å². The van der Waals surface area contributed by atoms with Crippen molar-refractivity contribution in [3.05, 3.63) is 60.5 Å². The Morgan fingerprint density at radius 3 is 2.58 bits per heavy atom. The number of amides is 1. The molecule has 2 aliphatic heterocycles. The van der Waals surface area contributed by atoms with Crippen molar-refractivity contribution in [2.45, 2.75) is 42.2 Å². The lowest BCUT2D eigenvalue weighted by molar-refractivity contribution is -0.149. The zero-order chi connectivity index (χ0) is 25.0. The predicted octanol–water partition coefficient (Wildman–Crippen LogP) is 4.21. The van der Waals surface area contributed by atoms with Gasteiger partial charge in [-0.3, -0.25) is 4.79 Å². The van der Waals surface area contributed by atoms with Gasteiger partial charge in [-0.15, -0.1) is 0 Å². The third kappa shape index (κ3) is 4.90. The number of fused-ring (bicyclic) bond motifs is 1. The number of ether oxygens (including phenoxy) is 1. The van der Waals surface area contributed by atoms with Crippen LogP contribution in [0.15, 0.2) is 64.0 Å². The predicted molar refractivity (Wildman–Crippen MR) is 138 cm³/mol. The molecular weight excluding hydrogens is 476 g/mol. The van der Waals surface area contributed by atoms with Crippen molar-refractivity contribution >= 4 is 29.3 Å². The number of esters is 1. The summed E-state index contributed by atoms with van der Waals surface area (Å²) in [7, 11) is 0. The monoisotopic (exact) mass is 506 g/mol. The highest BCUT2D eigenvalue weighted by atomic mass is 32.2. The lowest BCUT2D eigenvalue weighted by atomic mass is 10.0. The molecule has 1 saturated heterocycles. The molecule has 0 bridgehead atoms. The number of aromatic nitrogens is 2. The zero-order valence-electron chi connectivity index (χ0n) is 20.4. The zero-order valence-corrected chi connectivity index (χ0v) is 21.2. The van der Waals surface area contributed by atoms with Crippen molar-refractivity contribution < 1.29 is 18.8 Å². The topological polar surface area (TPSA) is 88.8 Å². The van der Waals surface area contributed by atoms with E-state index < -0.39 is 10.7 Å². The molecule has 3 heterocycles. The van der Waals surface area contributed by atoms with Gasteiger partial charge in [-0.05, 0) is 45.0 Å². The molecule has 2 aliphatic rings. The van der Waals surface area contributed by atoms with E-state index in [1.165, 1.54) is 31.0 Å². The summed E-state index contributed by atoms with van der Waals surface area (Å²) in [5.74, 6) is -0.253. The Kier molecular flexibility index (Phi) is 7.38. The number of benzene rings is 2. The summed E-state index contributed by atoms with van der Waals surface area (Å²) < 4.78 is 9.46. The first-order valence-corrected chi connectivity index (χ1v) is 13.3. The molecule has 2 aromatic carbocycles. The molecule has 5 rings (SSSR count). The van der Waals surface area contributed by atoms with Crippen LogP contribution in [0.5, 0.6) is 0 Å². The SMILES string of the molecule is CCOC(=O)C1(Cc2nc(-c3ccccc3)no2)Sc2ccccc2N(CCN2CCCCC2)C1=O. The maximum absolute atomic E-state index is 14.2. The lowest BCUT2D eigenvalue weighted by Crippen LogP contribution is -2.57. The summed E-state index contributed by atoms with van der Waals surface area (Å²) in [6, 6.07) is 17.2. The van der Waals surface area contributed by atoms with Gasteiger partial charge in [-0.25, -0.2) is 4.79 Å². The van der Waals surface area contributed by atoms with Crippen LogP contribution in [0.1, 0.15) is 32.1 Å². The lowest BCUT2D eigenvalue weighted by Gasteiger charge is -2.40. The van der Waals surface area contributed by atoms with Gasteiger partial charge in [-0.1, -0.05) is 65.8 Å². The fourth-order valence-corrected chi connectivity index (χ4v) is 6.12. The summed E-state index contributed by atoms with van der Waals surface area (Å²) in [5, 5.41) is 4.10. The Bertz CT molecular complexity index is 1210. The minimum absolute atomic E-state index is 0.0519. The van der Waals surface area contributed by atoms with Crippen LogP contribution in [0.4, 0.5) is 5.69 Å². The number of piperidine rings is 1. The molecule has 1 unspecified atom stereocenters. The Morgan fingerprint density at radius 2 is 1.81 bits per heavy atom. The molecule has 0 aliphatic carbocycles.